The summed E-state index contributed by atoms with van der Waals surface area (Å²) >= 11 is 6.48. The summed E-state index contributed by atoms with van der Waals surface area (Å²) < 4.78 is 31.8. The van der Waals surface area contributed by atoms with E-state index in [9.17, 15) is 9.90 Å². The van der Waals surface area contributed by atoms with Crippen LogP contribution >= 0.6 is 11.6 Å². The number of methoxy groups -OCH3 is 1. The lowest BCUT2D eigenvalue weighted by Crippen LogP contribution is -2.47. The Morgan fingerprint density at radius 1 is 0.841 bits per heavy atom. The Balaban J connectivity index is 1.47. The third kappa shape index (κ3) is 8.68. The summed E-state index contributed by atoms with van der Waals surface area (Å²) in [6.45, 7) is 1.51. The molecule has 1 N–H and O–H groups in total. The van der Waals surface area contributed by atoms with Gasteiger partial charge < -0.3 is 28.8 Å². The fraction of sp³-hybridized carbons (Fsp3) is 0.306. The summed E-state index contributed by atoms with van der Waals surface area (Å²) in [7, 11) is 1.55. The summed E-state index contributed by atoms with van der Waals surface area (Å²) in [5.74, 6) is -0.504. The van der Waals surface area contributed by atoms with Crippen molar-refractivity contribution in [3.63, 3.8) is 0 Å². The summed E-state index contributed by atoms with van der Waals surface area (Å²) in [5, 5.41) is 9.86. The first kappa shape index (κ1) is 31.7. The van der Waals surface area contributed by atoms with Crippen molar-refractivity contribution < 1.29 is 33.6 Å². The average Bonchev–Trinajstić information content (AvgIpc) is 3.05. The van der Waals surface area contributed by atoms with E-state index >= 15 is 0 Å². The van der Waals surface area contributed by atoms with Crippen molar-refractivity contribution >= 4 is 17.6 Å². The topological polar surface area (TPSA) is 83.5 Å². The molecule has 7 nitrogen and oxygen atoms in total. The molecule has 230 valence electrons. The zero-order chi connectivity index (χ0) is 30.7. The van der Waals surface area contributed by atoms with Gasteiger partial charge in [0.1, 0.15) is 18.0 Å². The largest absolute Gasteiger partial charge is 0.496 e. The van der Waals surface area contributed by atoms with Gasteiger partial charge in [0.05, 0.1) is 52.2 Å². The van der Waals surface area contributed by atoms with Crippen molar-refractivity contribution in [3.05, 3.63) is 136 Å². The van der Waals surface area contributed by atoms with Crippen LogP contribution in [0.25, 0.3) is 0 Å². The molecule has 0 spiro atoms. The number of carbonyl (C=O) groups is 1. The first-order chi connectivity index (χ1) is 21.5. The smallest absolute Gasteiger partial charge is 0.307 e. The van der Waals surface area contributed by atoms with Crippen LogP contribution in [0.1, 0.15) is 40.3 Å². The molecule has 0 bridgehead atoms. The van der Waals surface area contributed by atoms with Crippen LogP contribution in [-0.4, -0.2) is 43.1 Å². The summed E-state index contributed by atoms with van der Waals surface area (Å²) in [6, 6.07) is 33.3. The van der Waals surface area contributed by atoms with E-state index < -0.39 is 18.2 Å². The van der Waals surface area contributed by atoms with E-state index in [2.05, 4.69) is 0 Å². The third-order valence-corrected chi connectivity index (χ3v) is 7.91. The molecule has 4 aromatic carbocycles. The average molecular weight is 617 g/mol. The molecule has 4 unspecified atom stereocenters. The Hall–Kier alpha value is -3.72. The summed E-state index contributed by atoms with van der Waals surface area (Å²) in [5.41, 5.74) is 4.23. The number of carboxylic acids is 1. The summed E-state index contributed by atoms with van der Waals surface area (Å²) in [4.78, 5) is 11.7. The monoisotopic (exact) mass is 616 g/mol. The number of aliphatic carboxylic acids is 1. The first-order valence-corrected chi connectivity index (χ1v) is 15.0. The highest BCUT2D eigenvalue weighted by atomic mass is 35.5. The number of benzene rings is 4. The predicted molar refractivity (Wildman–Crippen MR) is 168 cm³/mol. The van der Waals surface area contributed by atoms with Gasteiger partial charge >= 0.3 is 5.97 Å². The second kappa shape index (κ2) is 15.8. The van der Waals surface area contributed by atoms with Gasteiger partial charge in [0, 0.05) is 17.0 Å². The normalized spacial score (nSPS) is 19.9. The Morgan fingerprint density at radius 3 is 1.98 bits per heavy atom. The molecular weight excluding hydrogens is 580 g/mol. The molecule has 44 heavy (non-hydrogen) atoms. The predicted octanol–water partition coefficient (Wildman–Crippen LogP) is 7.19. The lowest BCUT2D eigenvalue weighted by atomic mass is 9.91. The Morgan fingerprint density at radius 2 is 1.41 bits per heavy atom. The highest BCUT2D eigenvalue weighted by molar-refractivity contribution is 6.31. The second-order valence-corrected chi connectivity index (χ2v) is 11.2. The maximum atomic E-state index is 11.7. The molecule has 4 atom stereocenters. The maximum absolute atomic E-state index is 11.7. The van der Waals surface area contributed by atoms with Crippen molar-refractivity contribution in [2.75, 3.05) is 13.7 Å². The van der Waals surface area contributed by atoms with E-state index in [4.69, 9.17) is 35.3 Å². The number of ether oxygens (including phenoxy) is 5. The summed E-state index contributed by atoms with van der Waals surface area (Å²) in [6.07, 6.45) is -1.60. The highest BCUT2D eigenvalue weighted by Crippen LogP contribution is 2.42. The fourth-order valence-electron chi connectivity index (χ4n) is 5.39. The highest BCUT2D eigenvalue weighted by Gasteiger charge is 2.43. The minimum Gasteiger partial charge on any atom is -0.496 e. The number of rotatable bonds is 14. The molecule has 0 amide bonds. The van der Waals surface area contributed by atoms with Gasteiger partial charge in [-0.15, -0.1) is 0 Å². The molecule has 1 heterocycles. The van der Waals surface area contributed by atoms with Crippen molar-refractivity contribution in [2.24, 2.45) is 0 Å². The molecule has 5 rings (SSSR count). The molecule has 4 aromatic rings. The van der Waals surface area contributed by atoms with Gasteiger partial charge in [-0.2, -0.15) is 0 Å². The van der Waals surface area contributed by atoms with Crippen molar-refractivity contribution in [2.45, 2.75) is 57.1 Å². The molecule has 0 saturated carbocycles. The van der Waals surface area contributed by atoms with Crippen LogP contribution < -0.4 is 4.74 Å². The van der Waals surface area contributed by atoms with Crippen LogP contribution in [0.4, 0.5) is 0 Å². The van der Waals surface area contributed by atoms with Crippen LogP contribution in [0.15, 0.2) is 103 Å². The van der Waals surface area contributed by atoms with Crippen LogP contribution in [0.5, 0.6) is 5.75 Å². The molecule has 0 radical (unpaired) electrons. The Labute approximate surface area is 263 Å². The van der Waals surface area contributed by atoms with Gasteiger partial charge in [0.15, 0.2) is 0 Å². The molecule has 1 saturated heterocycles. The zero-order valence-electron chi connectivity index (χ0n) is 24.6. The third-order valence-electron chi connectivity index (χ3n) is 7.55. The number of hydrogen-bond acceptors (Lipinski definition) is 6. The Kier molecular flexibility index (Phi) is 11.4. The van der Waals surface area contributed by atoms with Gasteiger partial charge in [-0.3, -0.25) is 4.79 Å². The molecule has 1 aliphatic rings. The lowest BCUT2D eigenvalue weighted by molar-refractivity contribution is -0.219. The van der Waals surface area contributed by atoms with E-state index in [0.717, 1.165) is 16.7 Å². The van der Waals surface area contributed by atoms with E-state index in [0.29, 0.717) is 54.7 Å². The standard InChI is InChI=1S/C36H37ClO7/c1-40-32-20-31(37)28(18-34(38)39)17-30(32)35-36(43-23-27-15-9-4-10-16-27)33(42-22-26-13-7-3-8-14-26)19-29(44-35)24-41-21-25-11-5-2-6-12-25/h2-17,20,29,33,35-36H,18-19,21-24H2,1H3,(H,38,39). The van der Waals surface area contributed by atoms with Gasteiger partial charge in [0.25, 0.3) is 0 Å². The minimum atomic E-state index is -0.985. The van der Waals surface area contributed by atoms with Crippen molar-refractivity contribution in [1.82, 2.24) is 0 Å². The van der Waals surface area contributed by atoms with E-state index in [1.165, 1.54) is 0 Å². The van der Waals surface area contributed by atoms with Gasteiger partial charge in [-0.05, 0) is 34.4 Å². The van der Waals surface area contributed by atoms with Gasteiger partial charge in [-0.1, -0.05) is 103 Å². The van der Waals surface area contributed by atoms with E-state index in [-0.39, 0.29) is 18.6 Å². The maximum Gasteiger partial charge on any atom is 0.307 e. The second-order valence-electron chi connectivity index (χ2n) is 10.8. The fourth-order valence-corrected chi connectivity index (χ4v) is 5.61. The van der Waals surface area contributed by atoms with E-state index in [1.54, 1.807) is 19.2 Å². The Bertz CT molecular complexity index is 1470. The SMILES string of the molecule is COc1cc(Cl)c(CC(=O)O)cc1C1OC(COCc2ccccc2)CC(OCc2ccccc2)C1OCc1ccccc1. The first-order valence-electron chi connectivity index (χ1n) is 14.7. The minimum absolute atomic E-state index is 0.240. The zero-order valence-corrected chi connectivity index (χ0v) is 25.4. The number of hydrogen-bond donors (Lipinski definition) is 1. The van der Waals surface area contributed by atoms with Crippen LogP contribution in [-0.2, 0) is 50.0 Å². The molecule has 0 aliphatic carbocycles. The molecule has 1 aliphatic heterocycles. The lowest BCUT2D eigenvalue weighted by Gasteiger charge is -2.42. The molecule has 0 aromatic heterocycles. The molecule has 1 fully saturated rings. The number of halogens is 1. The van der Waals surface area contributed by atoms with Crippen molar-refractivity contribution in [3.8, 4) is 5.75 Å². The van der Waals surface area contributed by atoms with Crippen LogP contribution in [0.2, 0.25) is 5.02 Å². The van der Waals surface area contributed by atoms with E-state index in [1.807, 2.05) is 91.0 Å². The van der Waals surface area contributed by atoms with Gasteiger partial charge in [0.2, 0.25) is 0 Å². The number of carboxylic acid groups (broad SMARTS) is 1. The quantitative estimate of drug-likeness (QED) is 0.160. The van der Waals surface area contributed by atoms with Crippen LogP contribution in [0, 0.1) is 0 Å². The van der Waals surface area contributed by atoms with Crippen molar-refractivity contribution in [1.29, 1.82) is 0 Å². The molecular formula is C36H37ClO7. The van der Waals surface area contributed by atoms with Gasteiger partial charge in [-0.25, -0.2) is 0 Å². The molecule has 8 heteroatoms. The van der Waals surface area contributed by atoms with Crippen LogP contribution in [0.3, 0.4) is 0 Å².